The molecule has 106 valence electrons. The number of aromatic nitrogens is 2. The summed E-state index contributed by atoms with van der Waals surface area (Å²) in [4.78, 5) is 8.78. The van der Waals surface area contributed by atoms with Crippen molar-refractivity contribution in [3.8, 4) is 0 Å². The summed E-state index contributed by atoms with van der Waals surface area (Å²) in [6.45, 7) is 8.65. The second-order valence-corrected chi connectivity index (χ2v) is 5.85. The van der Waals surface area contributed by atoms with Crippen LogP contribution in [0.1, 0.15) is 52.0 Å². The Kier molecular flexibility index (Phi) is 4.61. The summed E-state index contributed by atoms with van der Waals surface area (Å²) < 4.78 is 0. The van der Waals surface area contributed by atoms with Gasteiger partial charge in [-0.15, -0.1) is 0 Å². The van der Waals surface area contributed by atoms with Gasteiger partial charge in [0, 0.05) is 18.7 Å². The van der Waals surface area contributed by atoms with E-state index in [1.54, 1.807) is 6.33 Å². The van der Waals surface area contributed by atoms with Gasteiger partial charge in [-0.25, -0.2) is 9.97 Å². The zero-order valence-corrected chi connectivity index (χ0v) is 12.4. The molecule has 0 unspecified atom stereocenters. The van der Waals surface area contributed by atoms with Crippen molar-refractivity contribution in [2.24, 2.45) is 5.41 Å². The van der Waals surface area contributed by atoms with Crippen LogP contribution in [-0.2, 0) is 6.42 Å². The van der Waals surface area contributed by atoms with Gasteiger partial charge in [-0.3, -0.25) is 0 Å². The second-order valence-electron chi connectivity index (χ2n) is 5.85. The Bertz CT molecular complexity index is 413. The van der Waals surface area contributed by atoms with E-state index in [4.69, 9.17) is 0 Å². The highest BCUT2D eigenvalue weighted by molar-refractivity contribution is 5.57. The second kappa shape index (κ2) is 6.22. The van der Waals surface area contributed by atoms with E-state index in [1.165, 1.54) is 24.8 Å². The summed E-state index contributed by atoms with van der Waals surface area (Å²) in [5.74, 6) is 1.99. The molecule has 1 saturated carbocycles. The van der Waals surface area contributed by atoms with Crippen LogP contribution < -0.4 is 10.6 Å². The van der Waals surface area contributed by atoms with E-state index in [1.807, 2.05) is 0 Å². The van der Waals surface area contributed by atoms with Crippen molar-refractivity contribution in [3.05, 3.63) is 11.9 Å². The summed E-state index contributed by atoms with van der Waals surface area (Å²) in [5, 5.41) is 6.92. The van der Waals surface area contributed by atoms with E-state index in [0.29, 0.717) is 5.41 Å². The molecule has 1 heterocycles. The lowest BCUT2D eigenvalue weighted by Gasteiger charge is -2.38. The standard InChI is InChI=1S/C15H26N4/c1-4-9-16-13-12(5-2)14(19-11-18-13)17-10-15(3)7-6-8-15/h11H,4-10H2,1-3H3,(H2,16,17,18,19). The quantitative estimate of drug-likeness (QED) is 0.790. The Morgan fingerprint density at radius 2 is 1.84 bits per heavy atom. The zero-order chi connectivity index (χ0) is 13.7. The van der Waals surface area contributed by atoms with Crippen LogP contribution in [0.15, 0.2) is 6.33 Å². The number of rotatable bonds is 7. The molecule has 0 bridgehead atoms. The van der Waals surface area contributed by atoms with Crippen LogP contribution in [0.25, 0.3) is 0 Å². The molecule has 1 fully saturated rings. The van der Waals surface area contributed by atoms with Gasteiger partial charge in [-0.2, -0.15) is 0 Å². The maximum Gasteiger partial charge on any atom is 0.134 e. The summed E-state index contributed by atoms with van der Waals surface area (Å²) in [6, 6.07) is 0. The topological polar surface area (TPSA) is 49.8 Å². The fourth-order valence-corrected chi connectivity index (χ4v) is 2.55. The maximum absolute atomic E-state index is 4.42. The SMILES string of the molecule is CCCNc1ncnc(NCC2(C)CCC2)c1CC. The van der Waals surface area contributed by atoms with Crippen LogP contribution >= 0.6 is 0 Å². The molecule has 1 aliphatic carbocycles. The summed E-state index contributed by atoms with van der Waals surface area (Å²) in [6.07, 6.45) is 7.73. The molecule has 0 saturated heterocycles. The van der Waals surface area contributed by atoms with Gasteiger partial charge in [0.1, 0.15) is 18.0 Å². The first-order valence-corrected chi connectivity index (χ1v) is 7.50. The van der Waals surface area contributed by atoms with Crippen molar-refractivity contribution >= 4 is 11.6 Å². The molecule has 0 atom stereocenters. The molecular formula is C15H26N4. The molecule has 0 amide bonds. The molecule has 0 aliphatic heterocycles. The molecule has 0 spiro atoms. The average molecular weight is 262 g/mol. The molecular weight excluding hydrogens is 236 g/mol. The highest BCUT2D eigenvalue weighted by Gasteiger charge is 2.31. The Balaban J connectivity index is 2.05. The van der Waals surface area contributed by atoms with E-state index >= 15 is 0 Å². The molecule has 0 radical (unpaired) electrons. The van der Waals surface area contributed by atoms with Crippen molar-refractivity contribution in [1.82, 2.24) is 9.97 Å². The van der Waals surface area contributed by atoms with Crippen molar-refractivity contribution in [2.75, 3.05) is 23.7 Å². The Morgan fingerprint density at radius 1 is 1.16 bits per heavy atom. The number of anilines is 2. The summed E-state index contributed by atoms with van der Waals surface area (Å²) in [7, 11) is 0. The van der Waals surface area contributed by atoms with E-state index < -0.39 is 0 Å². The van der Waals surface area contributed by atoms with Crippen LogP contribution in [0.2, 0.25) is 0 Å². The molecule has 1 aromatic rings. The van der Waals surface area contributed by atoms with Crippen molar-refractivity contribution in [3.63, 3.8) is 0 Å². The van der Waals surface area contributed by atoms with Gasteiger partial charge in [0.15, 0.2) is 0 Å². The zero-order valence-electron chi connectivity index (χ0n) is 12.4. The van der Waals surface area contributed by atoms with E-state index in [2.05, 4.69) is 41.4 Å². The van der Waals surface area contributed by atoms with Gasteiger partial charge in [0.05, 0.1) is 0 Å². The third-order valence-electron chi connectivity index (χ3n) is 4.08. The third-order valence-corrected chi connectivity index (χ3v) is 4.08. The van der Waals surface area contributed by atoms with Crippen LogP contribution in [0.5, 0.6) is 0 Å². The van der Waals surface area contributed by atoms with Crippen molar-refractivity contribution < 1.29 is 0 Å². The predicted molar refractivity (Wildman–Crippen MR) is 80.6 cm³/mol. The maximum atomic E-state index is 4.42. The third kappa shape index (κ3) is 3.37. The molecule has 1 aliphatic rings. The summed E-state index contributed by atoms with van der Waals surface area (Å²) in [5.41, 5.74) is 1.67. The molecule has 2 N–H and O–H groups in total. The largest absolute Gasteiger partial charge is 0.370 e. The minimum absolute atomic E-state index is 0.465. The van der Waals surface area contributed by atoms with Gasteiger partial charge in [-0.05, 0) is 31.1 Å². The number of nitrogens with one attached hydrogen (secondary N) is 2. The summed E-state index contributed by atoms with van der Waals surface area (Å²) >= 11 is 0. The van der Waals surface area contributed by atoms with Crippen LogP contribution in [0.4, 0.5) is 11.6 Å². The fraction of sp³-hybridized carbons (Fsp3) is 0.733. The lowest BCUT2D eigenvalue weighted by atomic mass is 9.70. The molecule has 2 rings (SSSR count). The van der Waals surface area contributed by atoms with Gasteiger partial charge >= 0.3 is 0 Å². The first-order valence-electron chi connectivity index (χ1n) is 7.50. The van der Waals surface area contributed by atoms with Crippen molar-refractivity contribution in [1.29, 1.82) is 0 Å². The number of hydrogen-bond acceptors (Lipinski definition) is 4. The lowest BCUT2D eigenvalue weighted by Crippen LogP contribution is -2.33. The first-order chi connectivity index (χ1) is 9.18. The van der Waals surface area contributed by atoms with Gasteiger partial charge in [0.2, 0.25) is 0 Å². The molecule has 0 aromatic carbocycles. The first kappa shape index (κ1) is 14.1. The van der Waals surface area contributed by atoms with E-state index in [9.17, 15) is 0 Å². The van der Waals surface area contributed by atoms with Crippen LogP contribution in [0, 0.1) is 5.41 Å². The number of nitrogens with zero attached hydrogens (tertiary/aromatic N) is 2. The van der Waals surface area contributed by atoms with Gasteiger partial charge in [0.25, 0.3) is 0 Å². The Labute approximate surface area is 116 Å². The smallest absolute Gasteiger partial charge is 0.134 e. The van der Waals surface area contributed by atoms with Crippen molar-refractivity contribution in [2.45, 2.75) is 52.9 Å². The fourth-order valence-electron chi connectivity index (χ4n) is 2.55. The van der Waals surface area contributed by atoms with Crippen LogP contribution in [-0.4, -0.2) is 23.1 Å². The van der Waals surface area contributed by atoms with Gasteiger partial charge in [-0.1, -0.05) is 27.2 Å². The predicted octanol–water partition coefficient (Wildman–Crippen LogP) is 3.46. The average Bonchev–Trinajstić information content (AvgIpc) is 2.40. The molecule has 1 aromatic heterocycles. The van der Waals surface area contributed by atoms with E-state index in [-0.39, 0.29) is 0 Å². The highest BCUT2D eigenvalue weighted by atomic mass is 15.1. The lowest BCUT2D eigenvalue weighted by molar-refractivity contribution is 0.180. The minimum Gasteiger partial charge on any atom is -0.370 e. The highest BCUT2D eigenvalue weighted by Crippen LogP contribution is 2.40. The van der Waals surface area contributed by atoms with Crippen LogP contribution in [0.3, 0.4) is 0 Å². The van der Waals surface area contributed by atoms with E-state index in [0.717, 1.165) is 37.6 Å². The Hall–Kier alpha value is -1.32. The normalized spacial score (nSPS) is 16.8. The van der Waals surface area contributed by atoms with Gasteiger partial charge < -0.3 is 10.6 Å². The monoisotopic (exact) mass is 262 g/mol. The Morgan fingerprint density at radius 3 is 2.37 bits per heavy atom. The number of hydrogen-bond donors (Lipinski definition) is 2. The molecule has 19 heavy (non-hydrogen) atoms. The molecule has 4 nitrogen and oxygen atoms in total. The minimum atomic E-state index is 0.465. The molecule has 4 heteroatoms.